The first-order valence-electron chi connectivity index (χ1n) is 7.56. The van der Waals surface area contributed by atoms with Gasteiger partial charge in [0.1, 0.15) is 11.6 Å². The Labute approximate surface area is 129 Å². The molecule has 21 heavy (non-hydrogen) atoms. The Morgan fingerprint density at radius 3 is 2.67 bits per heavy atom. The van der Waals surface area contributed by atoms with Crippen molar-refractivity contribution in [3.8, 4) is 0 Å². The maximum Gasteiger partial charge on any atom is 0.293 e. The maximum atomic E-state index is 12.7. The van der Waals surface area contributed by atoms with Gasteiger partial charge in [-0.15, -0.1) is 11.6 Å². The minimum Gasteiger partial charge on any atom is -0.458 e. The Kier molecular flexibility index (Phi) is 5.25. The third-order valence-corrected chi connectivity index (χ3v) is 5.08. The first-order chi connectivity index (χ1) is 10.0. The highest BCUT2D eigenvalue weighted by Crippen LogP contribution is 2.37. The van der Waals surface area contributed by atoms with Crippen LogP contribution in [0.1, 0.15) is 45.4 Å². The van der Waals surface area contributed by atoms with Crippen LogP contribution in [-0.2, 0) is 19.1 Å². The Morgan fingerprint density at radius 2 is 2.10 bits per heavy atom. The largest absolute Gasteiger partial charge is 0.458 e. The van der Waals surface area contributed by atoms with Crippen molar-refractivity contribution in [3.05, 3.63) is 0 Å². The quantitative estimate of drug-likeness (QED) is 0.599. The summed E-state index contributed by atoms with van der Waals surface area (Å²) in [4.78, 5) is 35.7. The van der Waals surface area contributed by atoms with E-state index in [1.807, 2.05) is 0 Å². The van der Waals surface area contributed by atoms with Crippen molar-refractivity contribution in [3.63, 3.8) is 0 Å². The molecule has 2 rings (SSSR count). The summed E-state index contributed by atoms with van der Waals surface area (Å²) in [6.07, 6.45) is 5.30. The number of hydrogen-bond acceptors (Lipinski definition) is 4. The van der Waals surface area contributed by atoms with Crippen molar-refractivity contribution < 1.29 is 19.1 Å². The Balaban J connectivity index is 2.21. The molecule has 1 aliphatic carbocycles. The monoisotopic (exact) mass is 315 g/mol. The van der Waals surface area contributed by atoms with Crippen molar-refractivity contribution in [2.24, 2.45) is 11.8 Å². The average Bonchev–Trinajstić information content (AvgIpc) is 2.73. The number of halogens is 1. The van der Waals surface area contributed by atoms with Gasteiger partial charge in [0.2, 0.25) is 5.91 Å². The first-order valence-corrected chi connectivity index (χ1v) is 8.09. The van der Waals surface area contributed by atoms with E-state index in [1.54, 1.807) is 6.92 Å². The zero-order valence-corrected chi connectivity index (χ0v) is 13.0. The molecule has 0 aromatic carbocycles. The van der Waals surface area contributed by atoms with E-state index in [-0.39, 0.29) is 23.5 Å². The standard InChI is InChI=1S/C15H22ClNO4/c1-15(21-9-18)11(7-8-16)14(20)17-13(15)12(19)10-5-3-2-4-6-10/h9-11,13H,2-8H2,1H3,(H,17,20)/t11-,13+,15-/m0/s1. The number of nitrogens with one attached hydrogen (secondary N) is 1. The maximum absolute atomic E-state index is 12.7. The number of Topliss-reactive ketones (excluding diaryl/α,β-unsaturated/α-hetero) is 1. The SMILES string of the molecule is C[C@@]1(OC=O)[C@@H](C(=O)C2CCCCC2)NC(=O)[C@@H]1CCCl. The average molecular weight is 316 g/mol. The van der Waals surface area contributed by atoms with E-state index in [1.165, 1.54) is 0 Å². The van der Waals surface area contributed by atoms with Crippen molar-refractivity contribution in [1.29, 1.82) is 0 Å². The van der Waals surface area contributed by atoms with E-state index < -0.39 is 17.6 Å². The van der Waals surface area contributed by atoms with Crippen LogP contribution in [0.25, 0.3) is 0 Å². The van der Waals surface area contributed by atoms with Gasteiger partial charge in [-0.05, 0) is 26.2 Å². The number of rotatable bonds is 6. The summed E-state index contributed by atoms with van der Waals surface area (Å²) in [7, 11) is 0. The van der Waals surface area contributed by atoms with E-state index in [0.717, 1.165) is 32.1 Å². The van der Waals surface area contributed by atoms with Gasteiger partial charge in [0.15, 0.2) is 5.78 Å². The molecule has 1 amide bonds. The molecule has 1 saturated heterocycles. The molecule has 1 saturated carbocycles. The summed E-state index contributed by atoms with van der Waals surface area (Å²) in [5, 5.41) is 2.73. The predicted octanol–water partition coefficient (Wildman–Crippen LogP) is 1.81. The number of amides is 1. The van der Waals surface area contributed by atoms with Crippen LogP contribution in [0.4, 0.5) is 0 Å². The molecule has 2 aliphatic rings. The molecule has 5 nitrogen and oxygen atoms in total. The first kappa shape index (κ1) is 16.3. The highest BCUT2D eigenvalue weighted by Gasteiger charge is 2.57. The van der Waals surface area contributed by atoms with Gasteiger partial charge >= 0.3 is 0 Å². The summed E-state index contributed by atoms with van der Waals surface area (Å²) in [6.45, 7) is 1.98. The van der Waals surface area contributed by atoms with Gasteiger partial charge in [0.05, 0.1) is 5.92 Å². The van der Waals surface area contributed by atoms with Crippen LogP contribution in [0.15, 0.2) is 0 Å². The minimum atomic E-state index is -1.14. The second-order valence-corrected chi connectivity index (χ2v) is 6.49. The molecule has 6 heteroatoms. The number of ketones is 1. The zero-order valence-electron chi connectivity index (χ0n) is 12.3. The number of carbonyl (C=O) groups excluding carboxylic acids is 3. The van der Waals surface area contributed by atoms with Crippen molar-refractivity contribution in [2.45, 2.75) is 57.1 Å². The molecule has 1 heterocycles. The number of ether oxygens (including phenoxy) is 1. The molecule has 3 atom stereocenters. The van der Waals surface area contributed by atoms with Gasteiger partial charge in [-0.3, -0.25) is 14.4 Å². The molecule has 1 aliphatic heterocycles. The zero-order chi connectivity index (χ0) is 15.5. The normalized spacial score (nSPS) is 33.5. The molecule has 0 radical (unpaired) electrons. The highest BCUT2D eigenvalue weighted by molar-refractivity contribution is 6.18. The second-order valence-electron chi connectivity index (χ2n) is 6.11. The summed E-state index contributed by atoms with van der Waals surface area (Å²) >= 11 is 5.74. The highest BCUT2D eigenvalue weighted by atomic mass is 35.5. The topological polar surface area (TPSA) is 72.5 Å². The lowest BCUT2D eigenvalue weighted by Crippen LogP contribution is -2.52. The fourth-order valence-electron chi connectivity index (χ4n) is 3.60. The molecule has 0 spiro atoms. The van der Waals surface area contributed by atoms with Gasteiger partial charge in [-0.25, -0.2) is 0 Å². The smallest absolute Gasteiger partial charge is 0.293 e. The molecule has 0 unspecified atom stereocenters. The van der Waals surface area contributed by atoms with E-state index in [2.05, 4.69) is 5.32 Å². The number of hydrogen-bond donors (Lipinski definition) is 1. The van der Waals surface area contributed by atoms with Crippen LogP contribution in [0.3, 0.4) is 0 Å². The Hall–Kier alpha value is -1.10. The summed E-state index contributed by atoms with van der Waals surface area (Å²) < 4.78 is 5.21. The third kappa shape index (κ3) is 3.07. The second kappa shape index (κ2) is 6.77. The van der Waals surface area contributed by atoms with E-state index in [4.69, 9.17) is 16.3 Å². The molecule has 0 aromatic rings. The molecular formula is C15H22ClNO4. The molecule has 1 N–H and O–H groups in total. The van der Waals surface area contributed by atoms with Crippen molar-refractivity contribution in [2.75, 3.05) is 5.88 Å². The van der Waals surface area contributed by atoms with Crippen LogP contribution < -0.4 is 5.32 Å². The van der Waals surface area contributed by atoms with Crippen LogP contribution >= 0.6 is 11.6 Å². The lowest BCUT2D eigenvalue weighted by atomic mass is 9.77. The van der Waals surface area contributed by atoms with Crippen LogP contribution in [0.5, 0.6) is 0 Å². The molecule has 0 bridgehead atoms. The number of carbonyl (C=O) groups is 3. The molecule has 2 fully saturated rings. The molecule has 118 valence electrons. The summed E-state index contributed by atoms with van der Waals surface area (Å²) in [5.41, 5.74) is -1.14. The fourth-order valence-corrected chi connectivity index (χ4v) is 3.82. The van der Waals surface area contributed by atoms with Crippen molar-refractivity contribution in [1.82, 2.24) is 5.32 Å². The van der Waals surface area contributed by atoms with Crippen LogP contribution in [0.2, 0.25) is 0 Å². The summed E-state index contributed by atoms with van der Waals surface area (Å²) in [5.74, 6) is -0.606. The third-order valence-electron chi connectivity index (χ3n) is 4.86. The van der Waals surface area contributed by atoms with Gasteiger partial charge < -0.3 is 10.1 Å². The summed E-state index contributed by atoms with van der Waals surface area (Å²) in [6, 6.07) is -0.758. The van der Waals surface area contributed by atoms with Gasteiger partial charge in [0, 0.05) is 11.8 Å². The minimum absolute atomic E-state index is 0.00975. The molecular weight excluding hydrogens is 294 g/mol. The number of alkyl halides is 1. The van der Waals surface area contributed by atoms with Gasteiger partial charge in [-0.2, -0.15) is 0 Å². The van der Waals surface area contributed by atoms with E-state index >= 15 is 0 Å². The lowest BCUT2D eigenvalue weighted by Gasteiger charge is -2.34. The van der Waals surface area contributed by atoms with E-state index in [9.17, 15) is 14.4 Å². The van der Waals surface area contributed by atoms with Crippen LogP contribution in [0, 0.1) is 11.8 Å². The van der Waals surface area contributed by atoms with Crippen LogP contribution in [-0.4, -0.2) is 35.7 Å². The van der Waals surface area contributed by atoms with E-state index in [0.29, 0.717) is 12.9 Å². The van der Waals surface area contributed by atoms with Gasteiger partial charge in [-0.1, -0.05) is 19.3 Å². The fraction of sp³-hybridized carbons (Fsp3) is 0.800. The predicted molar refractivity (Wildman–Crippen MR) is 77.9 cm³/mol. The Morgan fingerprint density at radius 1 is 1.43 bits per heavy atom. The van der Waals surface area contributed by atoms with Crippen molar-refractivity contribution >= 4 is 29.8 Å². The molecule has 0 aromatic heterocycles. The lowest BCUT2D eigenvalue weighted by molar-refractivity contribution is -0.152. The van der Waals surface area contributed by atoms with Gasteiger partial charge in [0.25, 0.3) is 6.47 Å². The Bertz CT molecular complexity index is 422.